The van der Waals surface area contributed by atoms with Crippen molar-refractivity contribution in [2.24, 2.45) is 0 Å². The average Bonchev–Trinajstić information content (AvgIpc) is 2.47. The second-order valence-corrected chi connectivity index (χ2v) is 6.94. The van der Waals surface area contributed by atoms with Crippen molar-refractivity contribution in [3.63, 3.8) is 0 Å². The van der Waals surface area contributed by atoms with Crippen molar-refractivity contribution in [1.82, 2.24) is 0 Å². The molecule has 1 heterocycles. The number of thiol groups is 1. The highest BCUT2D eigenvalue weighted by atomic mass is 32.2. The SMILES string of the molecule is CCCC[SH]1C=[C]C=C1P(=O)(O)O. The molecule has 1 rings (SSSR count). The van der Waals surface area contributed by atoms with Gasteiger partial charge in [0.1, 0.15) is 0 Å². The fraction of sp³-hybridized carbons (Fsp3) is 0.500. The van der Waals surface area contributed by atoms with Crippen molar-refractivity contribution in [1.29, 1.82) is 0 Å². The molecule has 13 heavy (non-hydrogen) atoms. The van der Waals surface area contributed by atoms with E-state index in [2.05, 4.69) is 13.0 Å². The fourth-order valence-electron chi connectivity index (χ4n) is 1.11. The molecule has 75 valence electrons. The second-order valence-electron chi connectivity index (χ2n) is 2.89. The molecule has 1 aliphatic heterocycles. The van der Waals surface area contributed by atoms with Gasteiger partial charge >= 0.3 is 7.60 Å². The van der Waals surface area contributed by atoms with Gasteiger partial charge in [0.2, 0.25) is 0 Å². The van der Waals surface area contributed by atoms with Gasteiger partial charge < -0.3 is 9.79 Å². The standard InChI is InChI=1S/C8H14O3PS/c1-2-3-6-13-7-4-5-8(13)12(9,10)11/h5,7,13H,2-3,6H2,1H3,(H2,9,10,11). The second kappa shape index (κ2) is 4.47. The smallest absolute Gasteiger partial charge is 0.321 e. The highest BCUT2D eigenvalue weighted by Crippen LogP contribution is 2.60. The van der Waals surface area contributed by atoms with Gasteiger partial charge in [-0.25, -0.2) is 0 Å². The van der Waals surface area contributed by atoms with E-state index >= 15 is 0 Å². The maximum absolute atomic E-state index is 11.0. The summed E-state index contributed by atoms with van der Waals surface area (Å²) in [5.74, 6) is 0.871. The summed E-state index contributed by atoms with van der Waals surface area (Å²) in [5.41, 5.74) is 0. The lowest BCUT2D eigenvalue weighted by atomic mass is 10.4. The van der Waals surface area contributed by atoms with E-state index in [0.29, 0.717) is 0 Å². The molecule has 0 saturated heterocycles. The van der Waals surface area contributed by atoms with Crippen molar-refractivity contribution < 1.29 is 14.4 Å². The van der Waals surface area contributed by atoms with E-state index in [1.54, 1.807) is 5.41 Å². The third kappa shape index (κ3) is 2.99. The van der Waals surface area contributed by atoms with Crippen LogP contribution in [-0.2, 0) is 4.57 Å². The monoisotopic (exact) mass is 221 g/mol. The molecule has 0 bridgehead atoms. The van der Waals surface area contributed by atoms with E-state index in [1.807, 2.05) is 0 Å². The average molecular weight is 221 g/mol. The van der Waals surface area contributed by atoms with Gasteiger partial charge in [0.05, 0.1) is 4.65 Å². The van der Waals surface area contributed by atoms with Crippen LogP contribution in [0.1, 0.15) is 19.8 Å². The topological polar surface area (TPSA) is 57.5 Å². The van der Waals surface area contributed by atoms with E-state index in [1.165, 1.54) is 6.08 Å². The van der Waals surface area contributed by atoms with Crippen LogP contribution in [0.4, 0.5) is 0 Å². The van der Waals surface area contributed by atoms with Crippen molar-refractivity contribution in [3.05, 3.63) is 22.2 Å². The summed E-state index contributed by atoms with van der Waals surface area (Å²) in [7, 11) is -4.75. The fourth-order valence-corrected chi connectivity index (χ4v) is 4.81. The summed E-state index contributed by atoms with van der Waals surface area (Å²) >= 11 is 0. The summed E-state index contributed by atoms with van der Waals surface area (Å²) in [5, 5.41) is 1.80. The van der Waals surface area contributed by atoms with Gasteiger partial charge in [-0.05, 0) is 29.7 Å². The van der Waals surface area contributed by atoms with Crippen molar-refractivity contribution in [2.45, 2.75) is 19.8 Å². The summed E-state index contributed by atoms with van der Waals surface area (Å²) < 4.78 is 11.3. The first-order chi connectivity index (χ1) is 6.05. The summed E-state index contributed by atoms with van der Waals surface area (Å²) in [4.78, 5) is 18.0. The van der Waals surface area contributed by atoms with E-state index in [-0.39, 0.29) is 4.65 Å². The molecule has 1 radical (unpaired) electrons. The first-order valence-electron chi connectivity index (χ1n) is 4.18. The molecule has 1 unspecified atom stereocenters. The molecule has 0 fully saturated rings. The number of rotatable bonds is 4. The van der Waals surface area contributed by atoms with Crippen LogP contribution in [0.5, 0.6) is 0 Å². The van der Waals surface area contributed by atoms with E-state index < -0.39 is 18.5 Å². The molecule has 0 aromatic rings. The molecule has 2 N–H and O–H groups in total. The van der Waals surface area contributed by atoms with Gasteiger partial charge in [0, 0.05) is 0 Å². The Morgan fingerprint density at radius 1 is 1.62 bits per heavy atom. The largest absolute Gasteiger partial charge is 0.361 e. The summed E-state index contributed by atoms with van der Waals surface area (Å²) in [6, 6.07) is 0. The van der Waals surface area contributed by atoms with Crippen LogP contribution in [0.15, 0.2) is 16.1 Å². The molecular formula is C8H14O3PS. The normalized spacial score (nSPS) is 24.8. The van der Waals surface area contributed by atoms with Gasteiger partial charge in [0.15, 0.2) is 0 Å². The Labute approximate surface area is 81.1 Å². The van der Waals surface area contributed by atoms with Crippen LogP contribution in [0.3, 0.4) is 0 Å². The quantitative estimate of drug-likeness (QED) is 0.503. The highest BCUT2D eigenvalue weighted by molar-refractivity contribution is 8.27. The minimum absolute atomic E-state index is 0.288. The first-order valence-corrected chi connectivity index (χ1v) is 7.39. The molecule has 0 saturated carbocycles. The Kier molecular flexibility index (Phi) is 3.80. The van der Waals surface area contributed by atoms with E-state index in [9.17, 15) is 4.57 Å². The van der Waals surface area contributed by atoms with E-state index in [0.717, 1.165) is 18.6 Å². The predicted octanol–water partition coefficient (Wildman–Crippen LogP) is 2.14. The lowest BCUT2D eigenvalue weighted by Gasteiger charge is -2.17. The van der Waals surface area contributed by atoms with Crippen LogP contribution in [-0.4, -0.2) is 15.5 Å². The number of hydrogen-bond acceptors (Lipinski definition) is 1. The van der Waals surface area contributed by atoms with Crippen LogP contribution >= 0.6 is 18.5 Å². The van der Waals surface area contributed by atoms with Crippen LogP contribution < -0.4 is 0 Å². The van der Waals surface area contributed by atoms with Crippen LogP contribution in [0, 0.1) is 6.08 Å². The minimum atomic E-state index is -4.01. The first kappa shape index (κ1) is 11.1. The third-order valence-corrected chi connectivity index (χ3v) is 6.04. The zero-order valence-corrected chi connectivity index (χ0v) is 9.26. The lowest BCUT2D eigenvalue weighted by molar-refractivity contribution is 0.385. The van der Waals surface area contributed by atoms with Gasteiger partial charge in [0.25, 0.3) is 0 Å². The third-order valence-electron chi connectivity index (χ3n) is 1.79. The Hall–Kier alpha value is -0.0200. The lowest BCUT2D eigenvalue weighted by Crippen LogP contribution is -1.89. The highest BCUT2D eigenvalue weighted by Gasteiger charge is 2.26. The van der Waals surface area contributed by atoms with Gasteiger partial charge in [-0.15, -0.1) is 0 Å². The van der Waals surface area contributed by atoms with Gasteiger partial charge in [-0.3, -0.25) is 4.57 Å². The molecule has 5 heteroatoms. The summed E-state index contributed by atoms with van der Waals surface area (Å²) in [6.45, 7) is 2.07. The zero-order chi connectivity index (χ0) is 9.90. The molecule has 3 nitrogen and oxygen atoms in total. The number of allylic oxidation sites excluding steroid dienone is 2. The van der Waals surface area contributed by atoms with Crippen molar-refractivity contribution in [2.75, 3.05) is 5.75 Å². The molecule has 0 aromatic carbocycles. The number of hydrogen-bond donors (Lipinski definition) is 3. The Balaban J connectivity index is 2.62. The van der Waals surface area contributed by atoms with Crippen molar-refractivity contribution >= 4 is 18.5 Å². The molecular weight excluding hydrogens is 207 g/mol. The zero-order valence-electron chi connectivity index (χ0n) is 7.47. The number of unbranched alkanes of at least 4 members (excludes halogenated alkanes) is 1. The Morgan fingerprint density at radius 2 is 2.31 bits per heavy atom. The Bertz CT molecular complexity index is 279. The van der Waals surface area contributed by atoms with Gasteiger partial charge in [-0.1, -0.05) is 13.3 Å². The van der Waals surface area contributed by atoms with Crippen LogP contribution in [0.25, 0.3) is 0 Å². The molecule has 1 atom stereocenters. The van der Waals surface area contributed by atoms with E-state index in [4.69, 9.17) is 9.79 Å². The molecule has 0 amide bonds. The van der Waals surface area contributed by atoms with Crippen LogP contribution in [0.2, 0.25) is 0 Å². The molecule has 0 aliphatic carbocycles. The van der Waals surface area contributed by atoms with Crippen molar-refractivity contribution in [3.8, 4) is 0 Å². The minimum Gasteiger partial charge on any atom is -0.321 e. The molecule has 1 aliphatic rings. The van der Waals surface area contributed by atoms with Gasteiger partial charge in [-0.2, -0.15) is 10.9 Å². The molecule has 0 aromatic heterocycles. The maximum Gasteiger partial charge on any atom is 0.361 e. The maximum atomic E-state index is 11.0. The summed E-state index contributed by atoms with van der Waals surface area (Å²) in [6.07, 6.45) is 6.31. The molecule has 0 spiro atoms. The Morgan fingerprint density at radius 3 is 2.85 bits per heavy atom. The predicted molar refractivity (Wildman–Crippen MR) is 56.7 cm³/mol.